The van der Waals surface area contributed by atoms with E-state index in [1.807, 2.05) is 0 Å². The van der Waals surface area contributed by atoms with E-state index in [1.165, 1.54) is 6.07 Å². The van der Waals surface area contributed by atoms with Crippen LogP contribution >= 0.6 is 46.4 Å². The Balaban J connectivity index is 2.28. The summed E-state index contributed by atoms with van der Waals surface area (Å²) in [6.07, 6.45) is 0.0786. The summed E-state index contributed by atoms with van der Waals surface area (Å²) in [5, 5.41) is 1.23. The van der Waals surface area contributed by atoms with Crippen LogP contribution in [0.2, 0.25) is 15.1 Å². The average molecular weight is 380 g/mol. The van der Waals surface area contributed by atoms with Gasteiger partial charge in [-0.1, -0.05) is 34.8 Å². The summed E-state index contributed by atoms with van der Waals surface area (Å²) in [5.41, 5.74) is 0. The minimum absolute atomic E-state index is 0.0786. The maximum Gasteiger partial charge on any atom is 0.312 e. The Labute approximate surface area is 147 Å². The maximum absolute atomic E-state index is 11.6. The first-order valence-electron chi connectivity index (χ1n) is 6.18. The molecule has 0 saturated carbocycles. The SMILES string of the molecule is O=C(CCCl)Oc1cc(Cl)ccc1Oc1ccc(Cl)cc1Cl. The van der Waals surface area contributed by atoms with Crippen molar-refractivity contribution >= 4 is 52.4 Å². The second kappa shape index (κ2) is 7.93. The van der Waals surface area contributed by atoms with Gasteiger partial charge in [-0.15, -0.1) is 11.6 Å². The number of rotatable bonds is 5. The summed E-state index contributed by atoms with van der Waals surface area (Å²) in [6.45, 7) is 0. The molecular formula is C15H10Cl4O3. The topological polar surface area (TPSA) is 35.5 Å². The van der Waals surface area contributed by atoms with Crippen LogP contribution in [0.25, 0.3) is 0 Å². The van der Waals surface area contributed by atoms with Crippen LogP contribution in [0.3, 0.4) is 0 Å². The van der Waals surface area contributed by atoms with E-state index in [0.29, 0.717) is 26.6 Å². The second-order valence-corrected chi connectivity index (χ2v) is 5.84. The quantitative estimate of drug-likeness (QED) is 0.364. The van der Waals surface area contributed by atoms with Gasteiger partial charge in [0.1, 0.15) is 5.75 Å². The van der Waals surface area contributed by atoms with Crippen LogP contribution in [0.5, 0.6) is 17.2 Å². The lowest BCUT2D eigenvalue weighted by molar-refractivity contribution is -0.134. The van der Waals surface area contributed by atoms with Gasteiger partial charge in [0.2, 0.25) is 0 Å². The molecule has 0 radical (unpaired) electrons. The third-order valence-corrected chi connectivity index (χ3v) is 3.50. The molecule has 0 bridgehead atoms. The lowest BCUT2D eigenvalue weighted by atomic mass is 10.3. The van der Waals surface area contributed by atoms with Crippen molar-refractivity contribution in [3.63, 3.8) is 0 Å². The highest BCUT2D eigenvalue weighted by Gasteiger charge is 2.13. The minimum atomic E-state index is -0.482. The molecule has 0 heterocycles. The molecule has 0 aliphatic heterocycles. The van der Waals surface area contributed by atoms with Gasteiger partial charge < -0.3 is 9.47 Å². The lowest BCUT2D eigenvalue weighted by Crippen LogP contribution is -2.08. The number of halogens is 4. The molecule has 0 atom stereocenters. The number of carbonyl (C=O) groups is 1. The molecule has 0 N–H and O–H groups in total. The highest BCUT2D eigenvalue weighted by Crippen LogP contribution is 2.37. The summed E-state index contributed by atoms with van der Waals surface area (Å²) in [5.74, 6) is 0.552. The van der Waals surface area contributed by atoms with Crippen LogP contribution in [-0.2, 0) is 4.79 Å². The first-order valence-corrected chi connectivity index (χ1v) is 7.85. The molecule has 0 spiro atoms. The molecule has 2 rings (SSSR count). The van der Waals surface area contributed by atoms with Gasteiger partial charge in [0, 0.05) is 22.0 Å². The molecule has 0 aliphatic carbocycles. The number of hydrogen-bond acceptors (Lipinski definition) is 3. The van der Waals surface area contributed by atoms with Crippen molar-refractivity contribution in [2.24, 2.45) is 0 Å². The molecule has 7 heteroatoms. The van der Waals surface area contributed by atoms with Gasteiger partial charge in [-0.25, -0.2) is 0 Å². The summed E-state index contributed by atoms with van der Waals surface area (Å²) in [6, 6.07) is 9.47. The van der Waals surface area contributed by atoms with Crippen molar-refractivity contribution in [2.75, 3.05) is 5.88 Å². The van der Waals surface area contributed by atoms with E-state index in [9.17, 15) is 4.79 Å². The molecule has 2 aromatic rings. The molecule has 0 saturated heterocycles. The molecule has 0 fully saturated rings. The zero-order chi connectivity index (χ0) is 16.1. The van der Waals surface area contributed by atoms with E-state index in [2.05, 4.69) is 0 Å². The van der Waals surface area contributed by atoms with Gasteiger partial charge in [0.05, 0.1) is 11.4 Å². The van der Waals surface area contributed by atoms with E-state index in [4.69, 9.17) is 55.9 Å². The third kappa shape index (κ3) is 4.68. The highest BCUT2D eigenvalue weighted by atomic mass is 35.5. The molecule has 22 heavy (non-hydrogen) atoms. The fraction of sp³-hybridized carbons (Fsp3) is 0.133. The van der Waals surface area contributed by atoms with Crippen molar-refractivity contribution in [3.05, 3.63) is 51.5 Å². The van der Waals surface area contributed by atoms with Crippen LogP contribution in [0.15, 0.2) is 36.4 Å². The number of carbonyl (C=O) groups excluding carboxylic acids is 1. The highest BCUT2D eigenvalue weighted by molar-refractivity contribution is 6.35. The average Bonchev–Trinajstić information content (AvgIpc) is 2.44. The van der Waals surface area contributed by atoms with Crippen molar-refractivity contribution in [1.82, 2.24) is 0 Å². The Kier molecular flexibility index (Phi) is 6.21. The molecule has 0 unspecified atom stereocenters. The first kappa shape index (κ1) is 17.2. The fourth-order valence-corrected chi connectivity index (χ4v) is 2.34. The predicted octanol–water partition coefficient (Wildman–Crippen LogP) is 5.97. The van der Waals surface area contributed by atoms with Crippen molar-refractivity contribution in [3.8, 4) is 17.2 Å². The number of hydrogen-bond donors (Lipinski definition) is 0. The van der Waals surface area contributed by atoms with Gasteiger partial charge >= 0.3 is 5.97 Å². The van der Waals surface area contributed by atoms with Gasteiger partial charge in [-0.05, 0) is 30.3 Å². The summed E-state index contributed by atoms with van der Waals surface area (Å²) >= 11 is 23.3. The largest absolute Gasteiger partial charge is 0.452 e. The second-order valence-electron chi connectivity index (χ2n) is 4.18. The normalized spacial score (nSPS) is 10.4. The molecular weight excluding hydrogens is 370 g/mol. The van der Waals surface area contributed by atoms with E-state index in [1.54, 1.807) is 30.3 Å². The Morgan fingerprint density at radius 1 is 0.909 bits per heavy atom. The van der Waals surface area contributed by atoms with Crippen LogP contribution in [0, 0.1) is 0 Å². The molecule has 116 valence electrons. The lowest BCUT2D eigenvalue weighted by Gasteiger charge is -2.12. The number of ether oxygens (including phenoxy) is 2. The fourth-order valence-electron chi connectivity index (χ4n) is 1.57. The summed E-state index contributed by atoms with van der Waals surface area (Å²) in [4.78, 5) is 11.6. The van der Waals surface area contributed by atoms with Crippen molar-refractivity contribution in [2.45, 2.75) is 6.42 Å². The number of esters is 1. The van der Waals surface area contributed by atoms with E-state index in [-0.39, 0.29) is 18.1 Å². The maximum atomic E-state index is 11.6. The van der Waals surface area contributed by atoms with Gasteiger partial charge in [0.25, 0.3) is 0 Å². The molecule has 0 aromatic heterocycles. The molecule has 0 amide bonds. The van der Waals surface area contributed by atoms with E-state index < -0.39 is 5.97 Å². The van der Waals surface area contributed by atoms with Gasteiger partial charge in [-0.3, -0.25) is 4.79 Å². The van der Waals surface area contributed by atoms with Crippen LogP contribution in [0.1, 0.15) is 6.42 Å². The smallest absolute Gasteiger partial charge is 0.312 e. The Bertz CT molecular complexity index is 688. The van der Waals surface area contributed by atoms with Crippen LogP contribution in [0.4, 0.5) is 0 Å². The standard InChI is InChI=1S/C15H10Cl4O3/c16-6-5-15(20)22-14-8-10(18)2-4-13(14)21-12-3-1-9(17)7-11(12)19/h1-4,7-8H,5-6H2. The molecule has 2 aromatic carbocycles. The zero-order valence-corrected chi connectivity index (χ0v) is 14.1. The van der Waals surface area contributed by atoms with E-state index in [0.717, 1.165) is 0 Å². The Morgan fingerprint density at radius 2 is 1.55 bits per heavy atom. The third-order valence-electron chi connectivity index (χ3n) is 2.54. The Morgan fingerprint density at radius 3 is 2.18 bits per heavy atom. The first-order chi connectivity index (χ1) is 10.5. The van der Waals surface area contributed by atoms with Gasteiger partial charge in [-0.2, -0.15) is 0 Å². The molecule has 3 nitrogen and oxygen atoms in total. The monoisotopic (exact) mass is 378 g/mol. The number of alkyl halides is 1. The van der Waals surface area contributed by atoms with Crippen molar-refractivity contribution < 1.29 is 14.3 Å². The van der Waals surface area contributed by atoms with Crippen LogP contribution < -0.4 is 9.47 Å². The van der Waals surface area contributed by atoms with Gasteiger partial charge in [0.15, 0.2) is 11.5 Å². The Hall–Kier alpha value is -1.13. The molecule has 0 aliphatic rings. The zero-order valence-electron chi connectivity index (χ0n) is 11.1. The number of benzene rings is 2. The van der Waals surface area contributed by atoms with E-state index >= 15 is 0 Å². The predicted molar refractivity (Wildman–Crippen MR) is 89.0 cm³/mol. The van der Waals surface area contributed by atoms with Crippen LogP contribution in [-0.4, -0.2) is 11.8 Å². The van der Waals surface area contributed by atoms with Crippen molar-refractivity contribution in [1.29, 1.82) is 0 Å². The summed E-state index contributed by atoms with van der Waals surface area (Å²) < 4.78 is 10.9. The minimum Gasteiger partial charge on any atom is -0.452 e. The summed E-state index contributed by atoms with van der Waals surface area (Å²) in [7, 11) is 0.